The van der Waals surface area contributed by atoms with Crippen molar-refractivity contribution in [2.24, 2.45) is 0 Å². The summed E-state index contributed by atoms with van der Waals surface area (Å²) in [4.78, 5) is 11.8. The van der Waals surface area contributed by atoms with Crippen molar-refractivity contribution in [1.82, 2.24) is 5.32 Å². The van der Waals surface area contributed by atoms with Gasteiger partial charge in [-0.25, -0.2) is 4.39 Å². The van der Waals surface area contributed by atoms with E-state index < -0.39 is 11.9 Å². The molecule has 2 N–H and O–H groups in total. The van der Waals surface area contributed by atoms with E-state index in [2.05, 4.69) is 5.32 Å². The fourth-order valence-corrected chi connectivity index (χ4v) is 2.40. The Morgan fingerprint density at radius 1 is 1.21 bits per heavy atom. The summed E-state index contributed by atoms with van der Waals surface area (Å²) in [7, 11) is 1.41. The van der Waals surface area contributed by atoms with E-state index in [0.29, 0.717) is 12.8 Å². The summed E-state index contributed by atoms with van der Waals surface area (Å²) in [6, 6.07) is 14.3. The standard InChI is InChI=1S/C19H22FNO3/c1-24-18-9-7-15(12-17(18)20)8-10-19(23)21-13-16(22)11-14-5-3-2-4-6-14/h2-7,9,12,16,22H,8,10-11,13H2,1H3,(H,21,23). The molecule has 1 unspecified atom stereocenters. The molecule has 0 heterocycles. The predicted molar refractivity (Wildman–Crippen MR) is 90.4 cm³/mol. The first kappa shape index (κ1) is 17.9. The number of hydrogen-bond donors (Lipinski definition) is 2. The summed E-state index contributed by atoms with van der Waals surface area (Å²) in [5, 5.41) is 12.7. The fourth-order valence-electron chi connectivity index (χ4n) is 2.40. The zero-order valence-electron chi connectivity index (χ0n) is 13.7. The van der Waals surface area contributed by atoms with E-state index in [9.17, 15) is 14.3 Å². The van der Waals surface area contributed by atoms with Gasteiger partial charge in [-0.15, -0.1) is 0 Å². The Morgan fingerprint density at radius 2 is 1.96 bits per heavy atom. The van der Waals surface area contributed by atoms with Gasteiger partial charge in [0.15, 0.2) is 11.6 Å². The Kier molecular flexibility index (Phi) is 6.75. The van der Waals surface area contributed by atoms with Gasteiger partial charge < -0.3 is 15.2 Å². The fraction of sp³-hybridized carbons (Fsp3) is 0.316. The van der Waals surface area contributed by atoms with Gasteiger partial charge in [0.05, 0.1) is 13.2 Å². The quantitative estimate of drug-likeness (QED) is 0.781. The topological polar surface area (TPSA) is 58.6 Å². The summed E-state index contributed by atoms with van der Waals surface area (Å²) in [5.74, 6) is -0.417. The van der Waals surface area contributed by atoms with Crippen LogP contribution in [0, 0.1) is 5.82 Å². The smallest absolute Gasteiger partial charge is 0.220 e. The van der Waals surface area contributed by atoms with Crippen molar-refractivity contribution in [2.75, 3.05) is 13.7 Å². The number of rotatable bonds is 8. The van der Waals surface area contributed by atoms with E-state index in [0.717, 1.165) is 11.1 Å². The molecule has 2 aromatic carbocycles. The molecule has 0 aliphatic carbocycles. The second kappa shape index (κ2) is 9.03. The number of aliphatic hydroxyl groups is 1. The molecular weight excluding hydrogens is 309 g/mol. The maximum Gasteiger partial charge on any atom is 0.220 e. The van der Waals surface area contributed by atoms with Gasteiger partial charge >= 0.3 is 0 Å². The Bertz CT molecular complexity index is 661. The van der Waals surface area contributed by atoms with Crippen LogP contribution in [-0.4, -0.2) is 30.8 Å². The van der Waals surface area contributed by atoms with E-state index >= 15 is 0 Å². The van der Waals surface area contributed by atoms with Crippen LogP contribution in [0.25, 0.3) is 0 Å². The zero-order valence-corrected chi connectivity index (χ0v) is 13.7. The molecule has 24 heavy (non-hydrogen) atoms. The van der Waals surface area contributed by atoms with E-state index in [-0.39, 0.29) is 24.6 Å². The molecule has 128 valence electrons. The first-order chi connectivity index (χ1) is 11.6. The van der Waals surface area contributed by atoms with Crippen LogP contribution in [0.2, 0.25) is 0 Å². The maximum atomic E-state index is 13.6. The van der Waals surface area contributed by atoms with E-state index in [1.54, 1.807) is 12.1 Å². The van der Waals surface area contributed by atoms with Crippen molar-refractivity contribution in [3.8, 4) is 5.75 Å². The van der Waals surface area contributed by atoms with Gasteiger partial charge in [-0.2, -0.15) is 0 Å². The minimum Gasteiger partial charge on any atom is -0.494 e. The molecule has 0 saturated carbocycles. The highest BCUT2D eigenvalue weighted by atomic mass is 19.1. The van der Waals surface area contributed by atoms with Crippen LogP contribution in [0.15, 0.2) is 48.5 Å². The minimum atomic E-state index is -0.630. The third-order valence-corrected chi connectivity index (χ3v) is 3.71. The Balaban J connectivity index is 1.72. The molecule has 0 fully saturated rings. The van der Waals surface area contributed by atoms with E-state index in [1.807, 2.05) is 30.3 Å². The number of hydrogen-bond acceptors (Lipinski definition) is 3. The highest BCUT2D eigenvalue weighted by molar-refractivity contribution is 5.76. The second-order valence-corrected chi connectivity index (χ2v) is 5.62. The number of halogens is 1. The summed E-state index contributed by atoms with van der Waals surface area (Å²) < 4.78 is 18.4. The van der Waals surface area contributed by atoms with E-state index in [1.165, 1.54) is 13.2 Å². The number of amides is 1. The molecule has 0 spiro atoms. The van der Waals surface area contributed by atoms with Crippen LogP contribution in [-0.2, 0) is 17.6 Å². The highest BCUT2D eigenvalue weighted by Gasteiger charge is 2.09. The van der Waals surface area contributed by atoms with Crippen LogP contribution in [0.4, 0.5) is 4.39 Å². The number of carbonyl (C=O) groups is 1. The van der Waals surface area contributed by atoms with Crippen molar-refractivity contribution in [2.45, 2.75) is 25.4 Å². The summed E-state index contributed by atoms with van der Waals surface area (Å²) in [6.07, 6.45) is 0.533. The van der Waals surface area contributed by atoms with E-state index in [4.69, 9.17) is 4.74 Å². The molecule has 2 rings (SSSR count). The van der Waals surface area contributed by atoms with Gasteiger partial charge in [-0.1, -0.05) is 36.4 Å². The minimum absolute atomic E-state index is 0.168. The van der Waals surface area contributed by atoms with Gasteiger partial charge in [0.1, 0.15) is 0 Å². The summed E-state index contributed by atoms with van der Waals surface area (Å²) >= 11 is 0. The second-order valence-electron chi connectivity index (χ2n) is 5.62. The highest BCUT2D eigenvalue weighted by Crippen LogP contribution is 2.18. The molecule has 1 amide bonds. The van der Waals surface area contributed by atoms with Crippen molar-refractivity contribution in [1.29, 1.82) is 0 Å². The molecule has 1 atom stereocenters. The molecule has 0 aliphatic heterocycles. The average molecular weight is 331 g/mol. The third kappa shape index (κ3) is 5.66. The lowest BCUT2D eigenvalue weighted by Crippen LogP contribution is -2.33. The number of aliphatic hydroxyl groups excluding tert-OH is 1. The average Bonchev–Trinajstić information content (AvgIpc) is 2.59. The number of methoxy groups -OCH3 is 1. The molecule has 0 saturated heterocycles. The van der Waals surface area contributed by atoms with Gasteiger partial charge in [-0.05, 0) is 29.7 Å². The van der Waals surface area contributed by atoms with Crippen molar-refractivity contribution in [3.05, 3.63) is 65.5 Å². The molecule has 5 heteroatoms. The lowest BCUT2D eigenvalue weighted by molar-refractivity contribution is -0.121. The monoisotopic (exact) mass is 331 g/mol. The Hall–Kier alpha value is -2.40. The van der Waals surface area contributed by atoms with Crippen LogP contribution in [0.5, 0.6) is 5.75 Å². The molecule has 4 nitrogen and oxygen atoms in total. The first-order valence-corrected chi connectivity index (χ1v) is 7.89. The number of carbonyl (C=O) groups excluding carboxylic acids is 1. The Labute approximate surface area is 141 Å². The predicted octanol–water partition coefficient (Wildman–Crippen LogP) is 2.49. The largest absolute Gasteiger partial charge is 0.494 e. The van der Waals surface area contributed by atoms with Gasteiger partial charge in [0, 0.05) is 19.4 Å². The normalized spacial score (nSPS) is 11.8. The number of ether oxygens (including phenoxy) is 1. The lowest BCUT2D eigenvalue weighted by atomic mass is 10.1. The molecule has 2 aromatic rings. The molecular formula is C19H22FNO3. The first-order valence-electron chi connectivity index (χ1n) is 7.89. The summed E-state index contributed by atoms with van der Waals surface area (Å²) in [5.41, 5.74) is 1.75. The van der Waals surface area contributed by atoms with Gasteiger partial charge in [0.25, 0.3) is 0 Å². The van der Waals surface area contributed by atoms with Crippen LogP contribution < -0.4 is 10.1 Å². The molecule has 0 aromatic heterocycles. The SMILES string of the molecule is COc1ccc(CCC(=O)NCC(O)Cc2ccccc2)cc1F. The van der Waals surface area contributed by atoms with Crippen molar-refractivity contribution < 1.29 is 19.0 Å². The zero-order chi connectivity index (χ0) is 17.4. The number of aryl methyl sites for hydroxylation is 1. The number of benzene rings is 2. The van der Waals surface area contributed by atoms with Crippen LogP contribution in [0.1, 0.15) is 17.5 Å². The molecule has 0 radical (unpaired) electrons. The van der Waals surface area contributed by atoms with Crippen LogP contribution >= 0.6 is 0 Å². The Morgan fingerprint density at radius 3 is 2.62 bits per heavy atom. The van der Waals surface area contributed by atoms with Crippen LogP contribution in [0.3, 0.4) is 0 Å². The maximum absolute atomic E-state index is 13.6. The van der Waals surface area contributed by atoms with Gasteiger partial charge in [-0.3, -0.25) is 4.79 Å². The lowest BCUT2D eigenvalue weighted by Gasteiger charge is -2.12. The third-order valence-electron chi connectivity index (χ3n) is 3.71. The molecule has 0 aliphatic rings. The van der Waals surface area contributed by atoms with Gasteiger partial charge in [0.2, 0.25) is 5.91 Å². The number of nitrogens with one attached hydrogen (secondary N) is 1. The summed E-state index contributed by atoms with van der Waals surface area (Å²) in [6.45, 7) is 0.199. The van der Waals surface area contributed by atoms with Crippen molar-refractivity contribution >= 4 is 5.91 Å². The van der Waals surface area contributed by atoms with Crippen molar-refractivity contribution in [3.63, 3.8) is 0 Å². The molecule has 0 bridgehead atoms.